The van der Waals surface area contributed by atoms with Gasteiger partial charge in [0.15, 0.2) is 5.54 Å². The van der Waals surface area contributed by atoms with E-state index in [2.05, 4.69) is 5.10 Å². The van der Waals surface area contributed by atoms with Crippen molar-refractivity contribution in [1.29, 1.82) is 0 Å². The van der Waals surface area contributed by atoms with Gasteiger partial charge in [-0.2, -0.15) is 5.10 Å². The molecule has 0 saturated carbocycles. The first-order valence-electron chi connectivity index (χ1n) is 7.52. The molecule has 1 aliphatic rings. The maximum absolute atomic E-state index is 12.6. The number of aromatic nitrogens is 2. The quantitative estimate of drug-likeness (QED) is 0.893. The van der Waals surface area contributed by atoms with Gasteiger partial charge in [0.05, 0.1) is 12.1 Å². The van der Waals surface area contributed by atoms with Gasteiger partial charge in [-0.05, 0) is 18.9 Å². The van der Waals surface area contributed by atoms with E-state index in [-0.39, 0.29) is 19.1 Å². The number of amides is 1. The van der Waals surface area contributed by atoms with Gasteiger partial charge in [0.2, 0.25) is 5.91 Å². The number of carbonyl (C=O) groups is 2. The van der Waals surface area contributed by atoms with E-state index in [1.54, 1.807) is 10.9 Å². The second-order valence-corrected chi connectivity index (χ2v) is 5.80. The molecule has 23 heavy (non-hydrogen) atoms. The molecule has 0 aliphatic carbocycles. The summed E-state index contributed by atoms with van der Waals surface area (Å²) in [5, 5.41) is 14.9. The number of benzene rings is 1. The van der Waals surface area contributed by atoms with Crippen molar-refractivity contribution in [1.82, 2.24) is 14.7 Å². The zero-order valence-corrected chi connectivity index (χ0v) is 12.9. The van der Waals surface area contributed by atoms with Gasteiger partial charge in [0.25, 0.3) is 0 Å². The number of ether oxygens (including phenoxy) is 1. The second-order valence-electron chi connectivity index (χ2n) is 5.80. The molecule has 1 unspecified atom stereocenters. The van der Waals surface area contributed by atoms with Gasteiger partial charge in [-0.1, -0.05) is 18.2 Å². The molecule has 2 heterocycles. The lowest BCUT2D eigenvalue weighted by Gasteiger charge is -2.34. The van der Waals surface area contributed by atoms with Crippen LogP contribution in [0.2, 0.25) is 0 Å². The molecule has 7 heteroatoms. The molecule has 1 aliphatic heterocycles. The molecule has 1 N–H and O–H groups in total. The van der Waals surface area contributed by atoms with Crippen molar-refractivity contribution < 1.29 is 19.4 Å². The van der Waals surface area contributed by atoms with Crippen LogP contribution in [0.4, 0.5) is 0 Å². The maximum atomic E-state index is 12.6. The van der Waals surface area contributed by atoms with E-state index in [4.69, 9.17) is 4.74 Å². The summed E-state index contributed by atoms with van der Waals surface area (Å²) in [4.78, 5) is 25.8. The van der Waals surface area contributed by atoms with E-state index in [0.717, 1.165) is 10.9 Å². The number of likely N-dealkylation sites (tertiary alicyclic amines) is 1. The van der Waals surface area contributed by atoms with Crippen LogP contribution in [-0.4, -0.2) is 57.5 Å². The van der Waals surface area contributed by atoms with Crippen molar-refractivity contribution in [3.05, 3.63) is 30.5 Å². The van der Waals surface area contributed by atoms with Crippen LogP contribution in [0, 0.1) is 0 Å². The monoisotopic (exact) mass is 317 g/mol. The van der Waals surface area contributed by atoms with Crippen LogP contribution in [0.5, 0.6) is 0 Å². The number of methoxy groups -OCH3 is 1. The van der Waals surface area contributed by atoms with Crippen LogP contribution in [0.15, 0.2) is 30.5 Å². The first kappa shape index (κ1) is 15.5. The Morgan fingerprint density at radius 2 is 2.17 bits per heavy atom. The molecular weight excluding hydrogens is 298 g/mol. The van der Waals surface area contributed by atoms with E-state index in [9.17, 15) is 14.7 Å². The highest BCUT2D eigenvalue weighted by Crippen LogP contribution is 2.30. The number of nitrogens with zero attached hydrogens (tertiary/aromatic N) is 3. The number of fused-ring (bicyclic) bond motifs is 1. The van der Waals surface area contributed by atoms with Crippen LogP contribution in [0.1, 0.15) is 12.8 Å². The lowest BCUT2D eigenvalue weighted by Crippen LogP contribution is -2.56. The van der Waals surface area contributed by atoms with Crippen LogP contribution in [0.25, 0.3) is 10.9 Å². The average Bonchev–Trinajstić information content (AvgIpc) is 3.11. The third kappa shape index (κ3) is 2.68. The summed E-state index contributed by atoms with van der Waals surface area (Å²) < 4.78 is 6.63. The molecule has 1 aromatic carbocycles. The molecule has 1 atom stereocenters. The third-order valence-corrected chi connectivity index (χ3v) is 4.33. The molecular formula is C16H19N3O4. The third-order valence-electron chi connectivity index (χ3n) is 4.33. The minimum Gasteiger partial charge on any atom is -0.479 e. The van der Waals surface area contributed by atoms with Crippen molar-refractivity contribution in [3.8, 4) is 0 Å². The highest BCUT2D eigenvalue weighted by molar-refractivity contribution is 5.88. The van der Waals surface area contributed by atoms with Crippen molar-refractivity contribution in [2.45, 2.75) is 24.9 Å². The van der Waals surface area contributed by atoms with Gasteiger partial charge in [-0.15, -0.1) is 0 Å². The molecule has 0 radical (unpaired) electrons. The van der Waals surface area contributed by atoms with Crippen molar-refractivity contribution in [2.75, 3.05) is 20.3 Å². The van der Waals surface area contributed by atoms with Gasteiger partial charge in [-0.3, -0.25) is 9.48 Å². The van der Waals surface area contributed by atoms with Gasteiger partial charge >= 0.3 is 5.97 Å². The van der Waals surface area contributed by atoms with Gasteiger partial charge in [-0.25, -0.2) is 4.79 Å². The van der Waals surface area contributed by atoms with Crippen LogP contribution >= 0.6 is 0 Å². The standard InChI is InChI=1S/C16H19N3O4/c1-23-11-16(15(21)22)7-4-8-19(16)14(20)10-18-9-12-5-2-3-6-13(12)17-18/h2-3,5-6,9H,4,7-8,10-11H2,1H3,(H,21,22). The number of hydrogen-bond acceptors (Lipinski definition) is 4. The molecule has 7 nitrogen and oxygen atoms in total. The lowest BCUT2D eigenvalue weighted by molar-refractivity contribution is -0.160. The second kappa shape index (κ2) is 6.00. The lowest BCUT2D eigenvalue weighted by atomic mass is 9.97. The molecule has 1 saturated heterocycles. The van der Waals surface area contributed by atoms with Gasteiger partial charge < -0.3 is 14.7 Å². The van der Waals surface area contributed by atoms with E-state index >= 15 is 0 Å². The van der Waals surface area contributed by atoms with Gasteiger partial charge in [0, 0.05) is 25.2 Å². The molecule has 1 fully saturated rings. The first-order valence-corrected chi connectivity index (χ1v) is 7.52. The van der Waals surface area contributed by atoms with E-state index in [1.807, 2.05) is 24.3 Å². The summed E-state index contributed by atoms with van der Waals surface area (Å²) in [6.45, 7) is 0.442. The molecule has 1 aromatic heterocycles. The Labute approximate surface area is 133 Å². The summed E-state index contributed by atoms with van der Waals surface area (Å²) in [7, 11) is 1.45. The predicted octanol–water partition coefficient (Wildman–Crippen LogP) is 1.13. The fourth-order valence-corrected chi connectivity index (χ4v) is 3.24. The number of rotatable bonds is 5. The fourth-order valence-electron chi connectivity index (χ4n) is 3.24. The smallest absolute Gasteiger partial charge is 0.332 e. The number of hydrogen-bond donors (Lipinski definition) is 1. The number of carboxylic acid groups (broad SMARTS) is 1. The van der Waals surface area contributed by atoms with Crippen molar-refractivity contribution in [3.63, 3.8) is 0 Å². The first-order chi connectivity index (χ1) is 11.1. The van der Waals surface area contributed by atoms with E-state index < -0.39 is 11.5 Å². The Morgan fingerprint density at radius 1 is 1.39 bits per heavy atom. The van der Waals surface area contributed by atoms with Crippen molar-refractivity contribution >= 4 is 22.8 Å². The molecule has 2 aromatic rings. The number of carboxylic acids is 1. The number of carbonyl (C=O) groups excluding carboxylic acids is 1. The van der Waals surface area contributed by atoms with E-state index in [0.29, 0.717) is 19.4 Å². The molecule has 122 valence electrons. The molecule has 3 rings (SSSR count). The Bertz CT molecular complexity index is 709. The van der Waals surface area contributed by atoms with Crippen molar-refractivity contribution in [2.24, 2.45) is 0 Å². The van der Waals surface area contributed by atoms with Crippen LogP contribution < -0.4 is 0 Å². The topological polar surface area (TPSA) is 84.7 Å². The molecule has 0 spiro atoms. The largest absolute Gasteiger partial charge is 0.479 e. The maximum Gasteiger partial charge on any atom is 0.332 e. The molecule has 0 bridgehead atoms. The Hall–Kier alpha value is -2.41. The Morgan fingerprint density at radius 3 is 2.87 bits per heavy atom. The zero-order chi connectivity index (χ0) is 16.4. The number of aliphatic carboxylic acids is 1. The molecule has 1 amide bonds. The summed E-state index contributed by atoms with van der Waals surface area (Å²) in [6.07, 6.45) is 2.85. The summed E-state index contributed by atoms with van der Waals surface area (Å²) >= 11 is 0. The normalized spacial score (nSPS) is 21.0. The van der Waals surface area contributed by atoms with E-state index in [1.165, 1.54) is 12.0 Å². The SMILES string of the molecule is COCC1(C(=O)O)CCCN1C(=O)Cn1cc2ccccc2n1. The highest BCUT2D eigenvalue weighted by atomic mass is 16.5. The highest BCUT2D eigenvalue weighted by Gasteiger charge is 2.50. The Kier molecular flexibility index (Phi) is 4.04. The van der Waals surface area contributed by atoms with Crippen LogP contribution in [-0.2, 0) is 20.9 Å². The summed E-state index contributed by atoms with van der Waals surface area (Å²) in [5.74, 6) is -1.27. The van der Waals surface area contributed by atoms with Gasteiger partial charge in [0.1, 0.15) is 6.54 Å². The minimum absolute atomic E-state index is 0.00481. The predicted molar refractivity (Wildman–Crippen MR) is 82.9 cm³/mol. The fraction of sp³-hybridized carbons (Fsp3) is 0.438. The summed E-state index contributed by atoms with van der Waals surface area (Å²) in [6, 6.07) is 7.59. The Balaban J connectivity index is 1.82. The zero-order valence-electron chi connectivity index (χ0n) is 12.9. The summed E-state index contributed by atoms with van der Waals surface area (Å²) in [5.41, 5.74) is -0.457. The minimum atomic E-state index is -1.27. The average molecular weight is 317 g/mol. The van der Waals surface area contributed by atoms with Crippen LogP contribution in [0.3, 0.4) is 0 Å².